The van der Waals surface area contributed by atoms with Crippen LogP contribution in [0.4, 0.5) is 0 Å². The molecule has 1 aliphatic heterocycles. The van der Waals surface area contributed by atoms with Crippen LogP contribution in [-0.4, -0.2) is 30.6 Å². The number of nitrogens with two attached hydrogens (primary N) is 1. The van der Waals surface area contributed by atoms with E-state index in [0.29, 0.717) is 15.6 Å². The molecule has 1 aliphatic rings. The van der Waals surface area contributed by atoms with Crippen molar-refractivity contribution in [2.45, 2.75) is 35.9 Å². The maximum atomic E-state index is 14.6. The molecule has 11 heteroatoms. The van der Waals surface area contributed by atoms with Crippen molar-refractivity contribution in [3.8, 4) is 0 Å². The number of carbonyl (C=O) groups excluding carboxylic acids is 2. The van der Waals surface area contributed by atoms with Gasteiger partial charge < -0.3 is 11.1 Å². The molecule has 3 atom stereocenters. The number of nitrogens with zero attached hydrogens (tertiary/aromatic N) is 1. The lowest BCUT2D eigenvalue weighted by Crippen LogP contribution is -2.49. The number of rotatable bonds is 9. The summed E-state index contributed by atoms with van der Waals surface area (Å²) in [5, 5.41) is 3.52. The molecule has 5 rings (SSSR count). The van der Waals surface area contributed by atoms with Gasteiger partial charge in [0.2, 0.25) is 21.8 Å². The Hall–Kier alpha value is -3.47. The maximum absolute atomic E-state index is 14.6. The Balaban J connectivity index is 1.65. The minimum atomic E-state index is -4.26. The number of nitrogens with one attached hydrogen (secondary N) is 1. The molecule has 2 amide bonds. The molecule has 0 fully saturated rings. The molecule has 44 heavy (non-hydrogen) atoms. The Kier molecular flexibility index (Phi) is 9.92. The van der Waals surface area contributed by atoms with Crippen molar-refractivity contribution < 1.29 is 18.0 Å². The van der Waals surface area contributed by atoms with Gasteiger partial charge >= 0.3 is 0 Å². The summed E-state index contributed by atoms with van der Waals surface area (Å²) in [6, 6.07) is 26.3. The van der Waals surface area contributed by atoms with Crippen LogP contribution in [-0.2, 0) is 26.0 Å². The molecule has 0 spiro atoms. The van der Waals surface area contributed by atoms with Crippen molar-refractivity contribution in [3.63, 3.8) is 0 Å². The molecular weight excluding hydrogens is 685 g/mol. The smallest absolute Gasteiger partial charge is 0.249 e. The average molecular weight is 713 g/mol. The average Bonchev–Trinajstić information content (AvgIpc) is 3.00. The van der Waals surface area contributed by atoms with Gasteiger partial charge in [-0.3, -0.25) is 9.59 Å². The fourth-order valence-electron chi connectivity index (χ4n) is 5.34. The molecule has 3 N–H and O–H groups in total. The number of amides is 2. The van der Waals surface area contributed by atoms with Gasteiger partial charge in [0.05, 0.1) is 17.0 Å². The first-order chi connectivity index (χ1) is 21.0. The normalized spacial score (nSPS) is 17.8. The second-order valence-electron chi connectivity index (χ2n) is 10.3. The van der Waals surface area contributed by atoms with Crippen LogP contribution < -0.4 is 11.1 Å². The summed E-state index contributed by atoms with van der Waals surface area (Å²) in [6.07, 6.45) is 2.08. The molecule has 0 aliphatic carbocycles. The summed E-state index contributed by atoms with van der Waals surface area (Å²) >= 11 is 16.0. The van der Waals surface area contributed by atoms with E-state index in [-0.39, 0.29) is 23.3 Å². The summed E-state index contributed by atoms with van der Waals surface area (Å²) in [5.41, 5.74) is 7.87. The van der Waals surface area contributed by atoms with Gasteiger partial charge in [0.1, 0.15) is 6.04 Å². The van der Waals surface area contributed by atoms with Crippen LogP contribution in [0.3, 0.4) is 0 Å². The highest BCUT2D eigenvalue weighted by Crippen LogP contribution is 2.46. The minimum absolute atomic E-state index is 0.00896. The van der Waals surface area contributed by atoms with E-state index in [1.807, 2.05) is 54.6 Å². The highest BCUT2D eigenvalue weighted by atomic mass is 79.9. The number of primary amides is 1. The van der Waals surface area contributed by atoms with Crippen LogP contribution in [0.5, 0.6) is 0 Å². The fraction of sp³-hybridized carbons (Fsp3) is 0.152. The van der Waals surface area contributed by atoms with Crippen LogP contribution in [0.15, 0.2) is 124 Å². The quantitative estimate of drug-likeness (QED) is 0.200. The SMILES string of the molecule is NC(=O)[C@H](Cc1ccccc1)NC(=O)C1=CCC(c2cccc(Br)c2)N(S(=O)(=O)c2ccc(Cl)cc2)C1c1cccc(Cl)c1. The van der Waals surface area contributed by atoms with Crippen molar-refractivity contribution in [3.05, 3.63) is 146 Å². The van der Waals surface area contributed by atoms with E-state index in [1.54, 1.807) is 30.3 Å². The van der Waals surface area contributed by atoms with E-state index in [2.05, 4.69) is 21.2 Å². The Labute approximate surface area is 274 Å². The zero-order valence-electron chi connectivity index (χ0n) is 23.2. The molecule has 0 saturated carbocycles. The second kappa shape index (κ2) is 13.7. The van der Waals surface area contributed by atoms with Gasteiger partial charge in [-0.15, -0.1) is 0 Å². The molecular formula is C33H28BrCl2N3O4S. The lowest BCUT2D eigenvalue weighted by molar-refractivity contribution is -0.125. The first-order valence-corrected chi connectivity index (χ1v) is 16.7. The third-order valence-corrected chi connectivity index (χ3v) is 10.3. The van der Waals surface area contributed by atoms with Crippen LogP contribution in [0.2, 0.25) is 10.0 Å². The Morgan fingerprint density at radius 3 is 2.23 bits per heavy atom. The minimum Gasteiger partial charge on any atom is -0.368 e. The molecule has 226 valence electrons. The summed E-state index contributed by atoms with van der Waals surface area (Å²) in [7, 11) is -4.26. The summed E-state index contributed by atoms with van der Waals surface area (Å²) in [5.74, 6) is -1.32. The molecule has 7 nitrogen and oxygen atoms in total. The van der Waals surface area contributed by atoms with Gasteiger partial charge in [-0.05, 0) is 71.6 Å². The fourth-order valence-corrected chi connectivity index (χ4v) is 7.86. The molecule has 0 bridgehead atoms. The second-order valence-corrected chi connectivity index (χ2v) is 14.0. The van der Waals surface area contributed by atoms with E-state index in [0.717, 1.165) is 15.6 Å². The van der Waals surface area contributed by atoms with Gasteiger partial charge in [0, 0.05) is 26.5 Å². The van der Waals surface area contributed by atoms with Gasteiger partial charge in [-0.25, -0.2) is 8.42 Å². The summed E-state index contributed by atoms with van der Waals surface area (Å²) in [4.78, 5) is 26.5. The van der Waals surface area contributed by atoms with Crippen molar-refractivity contribution in [2.75, 3.05) is 0 Å². The molecule has 2 unspecified atom stereocenters. The molecule has 0 aromatic heterocycles. The van der Waals surface area contributed by atoms with Gasteiger partial charge in [0.15, 0.2) is 0 Å². The largest absolute Gasteiger partial charge is 0.368 e. The maximum Gasteiger partial charge on any atom is 0.249 e. The van der Waals surface area contributed by atoms with E-state index < -0.39 is 40.0 Å². The lowest BCUT2D eigenvalue weighted by Gasteiger charge is -2.41. The van der Waals surface area contributed by atoms with Gasteiger partial charge in [-0.1, -0.05) is 99.8 Å². The Morgan fingerprint density at radius 2 is 1.57 bits per heavy atom. The predicted molar refractivity (Wildman–Crippen MR) is 176 cm³/mol. The zero-order valence-corrected chi connectivity index (χ0v) is 27.2. The van der Waals surface area contributed by atoms with Gasteiger partial charge in [0.25, 0.3) is 0 Å². The highest BCUT2D eigenvalue weighted by Gasteiger charge is 2.45. The number of hydrogen-bond acceptors (Lipinski definition) is 4. The van der Waals surface area contributed by atoms with Crippen molar-refractivity contribution in [1.29, 1.82) is 0 Å². The third-order valence-electron chi connectivity index (χ3n) is 7.40. The number of carbonyl (C=O) groups is 2. The monoisotopic (exact) mass is 711 g/mol. The van der Waals surface area contributed by atoms with Crippen LogP contribution >= 0.6 is 39.1 Å². The summed E-state index contributed by atoms with van der Waals surface area (Å²) < 4.78 is 31.3. The van der Waals surface area contributed by atoms with Crippen LogP contribution in [0.25, 0.3) is 0 Å². The van der Waals surface area contributed by atoms with E-state index in [9.17, 15) is 18.0 Å². The summed E-state index contributed by atoms with van der Waals surface area (Å²) in [6.45, 7) is 0. The molecule has 4 aromatic rings. The van der Waals surface area contributed by atoms with E-state index in [4.69, 9.17) is 28.9 Å². The number of hydrogen-bond donors (Lipinski definition) is 2. The number of sulfonamides is 1. The van der Waals surface area contributed by atoms with Crippen molar-refractivity contribution in [1.82, 2.24) is 9.62 Å². The molecule has 4 aromatic carbocycles. The predicted octanol–water partition coefficient (Wildman–Crippen LogP) is 6.77. The lowest BCUT2D eigenvalue weighted by atomic mass is 9.88. The van der Waals surface area contributed by atoms with Crippen LogP contribution in [0, 0.1) is 0 Å². The molecule has 0 saturated heterocycles. The van der Waals surface area contributed by atoms with Gasteiger partial charge in [-0.2, -0.15) is 4.31 Å². The topological polar surface area (TPSA) is 110 Å². The third kappa shape index (κ3) is 7.08. The van der Waals surface area contributed by atoms with E-state index >= 15 is 0 Å². The first-order valence-electron chi connectivity index (χ1n) is 13.7. The zero-order chi connectivity index (χ0) is 31.4. The van der Waals surface area contributed by atoms with Crippen LogP contribution in [0.1, 0.15) is 35.2 Å². The Bertz CT molecular complexity index is 1820. The van der Waals surface area contributed by atoms with Crippen molar-refractivity contribution in [2.24, 2.45) is 5.73 Å². The number of benzene rings is 4. The Morgan fingerprint density at radius 1 is 0.886 bits per heavy atom. The molecule has 0 radical (unpaired) electrons. The highest BCUT2D eigenvalue weighted by molar-refractivity contribution is 9.10. The number of halogens is 3. The van der Waals surface area contributed by atoms with Crippen molar-refractivity contribution >= 4 is 61.0 Å². The van der Waals surface area contributed by atoms with E-state index in [1.165, 1.54) is 28.6 Å². The standard InChI is InChI=1S/C33H28BrCl2N3O4S/c34-24-10-4-8-22(19-24)30-17-16-28(33(41)38-29(32(37)40)18-21-6-2-1-3-7-21)31(23-9-5-11-26(36)20-23)39(30)44(42,43)27-14-12-25(35)13-15-27/h1-16,19-20,29-31H,17-18H2,(H2,37,40)(H,38,41)/t29-,30?,31?/m0/s1. The molecule has 1 heterocycles. The first kappa shape index (κ1) is 31.9.